The second-order valence-electron chi connectivity index (χ2n) is 5.89. The number of carbonyl (C=O) groups is 2. The van der Waals surface area contributed by atoms with Gasteiger partial charge in [0.25, 0.3) is 5.91 Å². The number of nitrogens with one attached hydrogen (secondary N) is 2. The number of rotatable bonds is 5. The van der Waals surface area contributed by atoms with E-state index >= 15 is 0 Å². The highest BCUT2D eigenvalue weighted by Gasteiger charge is 2.24. The molecule has 0 aromatic heterocycles. The summed E-state index contributed by atoms with van der Waals surface area (Å²) in [5.41, 5.74) is 1.11. The molecule has 2 amide bonds. The first-order valence-electron chi connectivity index (χ1n) is 7.98. The summed E-state index contributed by atoms with van der Waals surface area (Å²) in [6.45, 7) is 4.46. The van der Waals surface area contributed by atoms with Gasteiger partial charge >= 0.3 is 0 Å². The fourth-order valence-corrected chi connectivity index (χ4v) is 2.74. The lowest BCUT2D eigenvalue weighted by molar-refractivity contribution is -0.121. The predicted molar refractivity (Wildman–Crippen MR) is 87.9 cm³/mol. The summed E-state index contributed by atoms with van der Waals surface area (Å²) in [5, 5.41) is 5.78. The average molecular weight is 303 g/mol. The van der Waals surface area contributed by atoms with E-state index in [4.69, 9.17) is 0 Å². The van der Waals surface area contributed by atoms with Gasteiger partial charge in [-0.15, -0.1) is 0 Å². The molecule has 0 aliphatic carbocycles. The molecule has 1 fully saturated rings. The second-order valence-corrected chi connectivity index (χ2v) is 5.89. The first kappa shape index (κ1) is 16.5. The molecule has 1 aromatic rings. The molecule has 1 aliphatic rings. The average Bonchev–Trinajstić information content (AvgIpc) is 2.53. The molecule has 0 bridgehead atoms. The summed E-state index contributed by atoms with van der Waals surface area (Å²) in [4.78, 5) is 26.8. The van der Waals surface area contributed by atoms with Crippen LogP contribution in [0.2, 0.25) is 0 Å². The molecule has 1 atom stereocenters. The van der Waals surface area contributed by atoms with Crippen LogP contribution in [-0.2, 0) is 4.79 Å². The number of anilines is 1. The van der Waals surface area contributed by atoms with E-state index in [1.807, 2.05) is 26.1 Å². The van der Waals surface area contributed by atoms with Crippen molar-refractivity contribution in [3.8, 4) is 0 Å². The van der Waals surface area contributed by atoms with Crippen LogP contribution in [-0.4, -0.2) is 43.4 Å². The Morgan fingerprint density at radius 2 is 2.09 bits per heavy atom. The number of benzene rings is 1. The van der Waals surface area contributed by atoms with Gasteiger partial charge in [-0.2, -0.15) is 0 Å². The number of carbonyl (C=O) groups excluding carboxylic acids is 2. The quantitative estimate of drug-likeness (QED) is 0.876. The molecule has 1 aliphatic heterocycles. The number of likely N-dealkylation sites (tertiary alicyclic amines) is 1. The van der Waals surface area contributed by atoms with Gasteiger partial charge in [0, 0.05) is 13.1 Å². The van der Waals surface area contributed by atoms with E-state index in [-0.39, 0.29) is 17.7 Å². The molecule has 0 spiro atoms. The van der Waals surface area contributed by atoms with Gasteiger partial charge in [0.2, 0.25) is 5.91 Å². The Bertz CT molecular complexity index is 530. The largest absolute Gasteiger partial charge is 0.352 e. The van der Waals surface area contributed by atoms with Crippen LogP contribution in [0.25, 0.3) is 0 Å². The minimum absolute atomic E-state index is 0.00212. The van der Waals surface area contributed by atoms with Crippen molar-refractivity contribution in [2.24, 2.45) is 5.92 Å². The fraction of sp³-hybridized carbons (Fsp3) is 0.529. The maximum Gasteiger partial charge on any atom is 0.253 e. The molecule has 120 valence electrons. The summed E-state index contributed by atoms with van der Waals surface area (Å²) in [5.74, 6) is -0.147. The molecule has 2 N–H and O–H groups in total. The number of piperidine rings is 1. The molecule has 0 radical (unpaired) electrons. The summed E-state index contributed by atoms with van der Waals surface area (Å²) in [6, 6.07) is 7.17. The molecule has 5 heteroatoms. The number of hydrogen-bond acceptors (Lipinski definition) is 3. The number of para-hydroxylation sites is 1. The standard InChI is InChI=1S/C17H25N3O2/c1-3-10-18-17(22)14-8-4-5-9-15(14)19-16(21)13-7-6-11-20(2)12-13/h4-5,8-9,13H,3,6-7,10-12H2,1-2H3,(H,18,22)(H,19,21). The maximum absolute atomic E-state index is 12.4. The minimum Gasteiger partial charge on any atom is -0.352 e. The van der Waals surface area contributed by atoms with Crippen molar-refractivity contribution in [1.82, 2.24) is 10.2 Å². The highest BCUT2D eigenvalue weighted by atomic mass is 16.2. The lowest BCUT2D eigenvalue weighted by Crippen LogP contribution is -2.38. The third-order valence-corrected chi connectivity index (χ3v) is 3.96. The Morgan fingerprint density at radius 1 is 1.32 bits per heavy atom. The van der Waals surface area contributed by atoms with Crippen LogP contribution < -0.4 is 10.6 Å². The van der Waals surface area contributed by atoms with E-state index < -0.39 is 0 Å². The molecule has 2 rings (SSSR count). The van der Waals surface area contributed by atoms with E-state index in [1.54, 1.807) is 12.1 Å². The Hall–Kier alpha value is -1.88. The van der Waals surface area contributed by atoms with E-state index in [9.17, 15) is 9.59 Å². The summed E-state index contributed by atoms with van der Waals surface area (Å²) in [6.07, 6.45) is 2.82. The second kappa shape index (κ2) is 7.94. The van der Waals surface area contributed by atoms with E-state index in [1.165, 1.54) is 0 Å². The van der Waals surface area contributed by atoms with Gasteiger partial charge in [-0.05, 0) is 45.0 Å². The Kier molecular flexibility index (Phi) is 5.95. The van der Waals surface area contributed by atoms with Gasteiger partial charge in [-0.3, -0.25) is 9.59 Å². The normalized spacial score (nSPS) is 18.7. The van der Waals surface area contributed by atoms with Crippen LogP contribution in [0.15, 0.2) is 24.3 Å². The molecule has 1 unspecified atom stereocenters. The van der Waals surface area contributed by atoms with Gasteiger partial charge in [0.15, 0.2) is 0 Å². The lowest BCUT2D eigenvalue weighted by atomic mass is 9.97. The van der Waals surface area contributed by atoms with Crippen molar-refractivity contribution < 1.29 is 9.59 Å². The van der Waals surface area contributed by atoms with Crippen LogP contribution in [0, 0.1) is 5.92 Å². The van der Waals surface area contributed by atoms with Crippen LogP contribution in [0.4, 0.5) is 5.69 Å². The van der Waals surface area contributed by atoms with Gasteiger partial charge in [0.05, 0.1) is 17.2 Å². The fourth-order valence-electron chi connectivity index (χ4n) is 2.74. The van der Waals surface area contributed by atoms with Gasteiger partial charge in [0.1, 0.15) is 0 Å². The Morgan fingerprint density at radius 3 is 2.82 bits per heavy atom. The zero-order valence-electron chi connectivity index (χ0n) is 13.4. The maximum atomic E-state index is 12.4. The number of nitrogens with zero attached hydrogens (tertiary/aromatic N) is 1. The van der Waals surface area contributed by atoms with Crippen molar-refractivity contribution >= 4 is 17.5 Å². The van der Waals surface area contributed by atoms with E-state index in [0.717, 1.165) is 32.4 Å². The summed E-state index contributed by atoms with van der Waals surface area (Å²) >= 11 is 0. The van der Waals surface area contributed by atoms with Crippen molar-refractivity contribution in [2.75, 3.05) is 32.0 Å². The third kappa shape index (κ3) is 4.31. The number of amides is 2. The molecule has 1 heterocycles. The van der Waals surface area contributed by atoms with Crippen LogP contribution in [0.3, 0.4) is 0 Å². The number of hydrogen-bond donors (Lipinski definition) is 2. The topological polar surface area (TPSA) is 61.4 Å². The summed E-state index contributed by atoms with van der Waals surface area (Å²) < 4.78 is 0. The predicted octanol–water partition coefficient (Wildman–Crippen LogP) is 2.11. The smallest absolute Gasteiger partial charge is 0.253 e. The van der Waals surface area contributed by atoms with Crippen molar-refractivity contribution in [2.45, 2.75) is 26.2 Å². The lowest BCUT2D eigenvalue weighted by Gasteiger charge is -2.28. The van der Waals surface area contributed by atoms with E-state index in [0.29, 0.717) is 17.8 Å². The zero-order chi connectivity index (χ0) is 15.9. The van der Waals surface area contributed by atoms with Crippen LogP contribution in [0.1, 0.15) is 36.5 Å². The van der Waals surface area contributed by atoms with Crippen molar-refractivity contribution in [1.29, 1.82) is 0 Å². The molecule has 1 aromatic carbocycles. The molecule has 22 heavy (non-hydrogen) atoms. The molecule has 0 saturated carbocycles. The van der Waals surface area contributed by atoms with Gasteiger partial charge in [-0.1, -0.05) is 19.1 Å². The Balaban J connectivity index is 2.05. The van der Waals surface area contributed by atoms with Crippen LogP contribution in [0.5, 0.6) is 0 Å². The molecule has 1 saturated heterocycles. The van der Waals surface area contributed by atoms with Crippen molar-refractivity contribution in [3.63, 3.8) is 0 Å². The van der Waals surface area contributed by atoms with E-state index in [2.05, 4.69) is 15.5 Å². The third-order valence-electron chi connectivity index (χ3n) is 3.96. The molecular weight excluding hydrogens is 278 g/mol. The highest BCUT2D eigenvalue weighted by molar-refractivity contribution is 6.04. The van der Waals surface area contributed by atoms with Crippen LogP contribution >= 0.6 is 0 Å². The summed E-state index contributed by atoms with van der Waals surface area (Å²) in [7, 11) is 2.03. The minimum atomic E-state index is -0.140. The molecule has 5 nitrogen and oxygen atoms in total. The SMILES string of the molecule is CCCNC(=O)c1ccccc1NC(=O)C1CCCN(C)C1. The highest BCUT2D eigenvalue weighted by Crippen LogP contribution is 2.20. The first-order valence-corrected chi connectivity index (χ1v) is 7.98. The first-order chi connectivity index (χ1) is 10.6. The van der Waals surface area contributed by atoms with Gasteiger partial charge < -0.3 is 15.5 Å². The van der Waals surface area contributed by atoms with Gasteiger partial charge in [-0.25, -0.2) is 0 Å². The monoisotopic (exact) mass is 303 g/mol. The Labute approximate surface area is 132 Å². The molecular formula is C17H25N3O2. The zero-order valence-corrected chi connectivity index (χ0v) is 13.4. The van der Waals surface area contributed by atoms with Crippen molar-refractivity contribution in [3.05, 3.63) is 29.8 Å².